The zero-order chi connectivity index (χ0) is 19.7. The van der Waals surface area contributed by atoms with Crippen LogP contribution in [0.1, 0.15) is 24.6 Å². The van der Waals surface area contributed by atoms with Crippen molar-refractivity contribution in [3.8, 4) is 5.75 Å². The van der Waals surface area contributed by atoms with Gasteiger partial charge in [0.05, 0.1) is 16.4 Å². The molecule has 3 rings (SSSR count). The predicted octanol–water partition coefficient (Wildman–Crippen LogP) is 6.09. The van der Waals surface area contributed by atoms with Crippen molar-refractivity contribution < 1.29 is 9.53 Å². The third-order valence-corrected chi connectivity index (χ3v) is 6.02. The molecule has 0 N–H and O–H groups in total. The number of hydrogen-bond acceptors (Lipinski definition) is 3. The standard InChI is InChI=1S/C19H18BrCl2N3O2.ClH/c1-4-16(26)24(3)14-8-7-13(21)12(17(14)22)10-27-15-6-5-9-25-18(20)11(2)23-19(15)25;/h5-9H,4,10H2,1-3H3;1H. The zero-order valence-corrected chi connectivity index (χ0v) is 19.4. The molecule has 0 spiro atoms. The molecule has 5 nitrogen and oxygen atoms in total. The van der Waals surface area contributed by atoms with E-state index in [1.54, 1.807) is 26.1 Å². The average Bonchev–Trinajstić information content (AvgIpc) is 2.95. The Labute approximate surface area is 188 Å². The average molecular weight is 508 g/mol. The monoisotopic (exact) mass is 505 g/mol. The first-order chi connectivity index (χ1) is 12.8. The van der Waals surface area contributed by atoms with Crippen LogP contribution in [-0.4, -0.2) is 22.3 Å². The van der Waals surface area contributed by atoms with Crippen LogP contribution in [0.25, 0.3) is 5.65 Å². The highest BCUT2D eigenvalue weighted by molar-refractivity contribution is 9.10. The molecule has 0 atom stereocenters. The maximum Gasteiger partial charge on any atom is 0.226 e. The summed E-state index contributed by atoms with van der Waals surface area (Å²) in [5.41, 5.74) is 2.78. The Kier molecular flexibility index (Phi) is 7.62. The lowest BCUT2D eigenvalue weighted by atomic mass is 10.2. The molecule has 28 heavy (non-hydrogen) atoms. The lowest BCUT2D eigenvalue weighted by Gasteiger charge is -2.20. The van der Waals surface area contributed by atoms with Crippen LogP contribution in [0.2, 0.25) is 10.0 Å². The fraction of sp³-hybridized carbons (Fsp3) is 0.263. The normalized spacial score (nSPS) is 10.6. The maximum atomic E-state index is 12.0. The second-order valence-electron chi connectivity index (χ2n) is 6.01. The van der Waals surface area contributed by atoms with Gasteiger partial charge in [-0.25, -0.2) is 4.98 Å². The number of amides is 1. The first-order valence-electron chi connectivity index (χ1n) is 8.34. The highest BCUT2D eigenvalue weighted by Gasteiger charge is 2.18. The van der Waals surface area contributed by atoms with Crippen molar-refractivity contribution in [3.63, 3.8) is 0 Å². The number of benzene rings is 1. The first-order valence-corrected chi connectivity index (χ1v) is 9.89. The molecule has 9 heteroatoms. The summed E-state index contributed by atoms with van der Waals surface area (Å²) >= 11 is 16.4. The van der Waals surface area contributed by atoms with Crippen LogP contribution in [0.3, 0.4) is 0 Å². The Balaban J connectivity index is 0.00000280. The summed E-state index contributed by atoms with van der Waals surface area (Å²) in [6.07, 6.45) is 2.29. The molecular weight excluding hydrogens is 488 g/mol. The molecule has 2 heterocycles. The number of nitrogens with zero attached hydrogens (tertiary/aromatic N) is 3. The molecule has 0 bridgehead atoms. The molecule has 2 aromatic heterocycles. The van der Waals surface area contributed by atoms with E-state index >= 15 is 0 Å². The number of pyridine rings is 1. The molecule has 0 saturated carbocycles. The first kappa shape index (κ1) is 22.8. The van der Waals surface area contributed by atoms with E-state index in [0.717, 1.165) is 10.3 Å². The molecule has 3 aromatic rings. The van der Waals surface area contributed by atoms with Gasteiger partial charge in [-0.2, -0.15) is 0 Å². The summed E-state index contributed by atoms with van der Waals surface area (Å²) in [5, 5.41) is 0.883. The fourth-order valence-electron chi connectivity index (χ4n) is 2.74. The topological polar surface area (TPSA) is 46.8 Å². The second kappa shape index (κ2) is 9.35. The number of aromatic nitrogens is 2. The molecule has 0 aliphatic heterocycles. The number of fused-ring (bicyclic) bond motifs is 1. The molecular formula is C19H19BrCl3N3O2. The van der Waals surface area contributed by atoms with Gasteiger partial charge in [-0.1, -0.05) is 30.1 Å². The van der Waals surface area contributed by atoms with E-state index in [4.69, 9.17) is 27.9 Å². The van der Waals surface area contributed by atoms with Crippen molar-refractivity contribution in [1.29, 1.82) is 0 Å². The number of carbonyl (C=O) groups excluding carboxylic acids is 1. The Morgan fingerprint density at radius 2 is 2.04 bits per heavy atom. The number of hydrogen-bond donors (Lipinski definition) is 0. The summed E-state index contributed by atoms with van der Waals surface area (Å²) in [6.45, 7) is 3.87. The third-order valence-electron chi connectivity index (χ3n) is 4.29. The van der Waals surface area contributed by atoms with Crippen LogP contribution in [0.4, 0.5) is 5.69 Å². The number of rotatable bonds is 5. The zero-order valence-electron chi connectivity index (χ0n) is 15.5. The molecule has 0 radical (unpaired) electrons. The molecule has 0 saturated heterocycles. The third kappa shape index (κ3) is 4.25. The van der Waals surface area contributed by atoms with Gasteiger partial charge in [0.1, 0.15) is 11.2 Å². The second-order valence-corrected chi connectivity index (χ2v) is 7.54. The summed E-state index contributed by atoms with van der Waals surface area (Å²) in [5.74, 6) is 0.579. The van der Waals surface area contributed by atoms with Gasteiger partial charge in [0.15, 0.2) is 11.4 Å². The molecule has 0 fully saturated rings. The van der Waals surface area contributed by atoms with Crippen molar-refractivity contribution in [2.75, 3.05) is 11.9 Å². The number of halogens is 4. The van der Waals surface area contributed by atoms with Gasteiger partial charge >= 0.3 is 0 Å². The van der Waals surface area contributed by atoms with E-state index in [-0.39, 0.29) is 24.9 Å². The lowest BCUT2D eigenvalue weighted by molar-refractivity contribution is -0.118. The fourth-order valence-corrected chi connectivity index (χ4v) is 3.72. The summed E-state index contributed by atoms with van der Waals surface area (Å²) < 4.78 is 8.76. The predicted molar refractivity (Wildman–Crippen MR) is 119 cm³/mol. The van der Waals surface area contributed by atoms with Gasteiger partial charge in [-0.3, -0.25) is 9.20 Å². The molecule has 0 aliphatic carbocycles. The maximum absolute atomic E-state index is 12.0. The Bertz CT molecular complexity index is 1020. The van der Waals surface area contributed by atoms with Gasteiger partial charge in [0, 0.05) is 30.3 Å². The smallest absolute Gasteiger partial charge is 0.226 e. The number of carbonyl (C=O) groups is 1. The molecule has 1 aromatic carbocycles. The lowest BCUT2D eigenvalue weighted by Crippen LogP contribution is -2.25. The van der Waals surface area contributed by atoms with E-state index < -0.39 is 0 Å². The molecule has 150 valence electrons. The minimum atomic E-state index is -0.0337. The summed E-state index contributed by atoms with van der Waals surface area (Å²) in [6, 6.07) is 7.17. The largest absolute Gasteiger partial charge is 0.485 e. The van der Waals surface area contributed by atoms with Crippen LogP contribution in [0.5, 0.6) is 5.75 Å². The van der Waals surface area contributed by atoms with Gasteiger partial charge in [0.25, 0.3) is 0 Å². The number of ether oxygens (including phenoxy) is 1. The number of anilines is 1. The van der Waals surface area contributed by atoms with E-state index in [9.17, 15) is 4.79 Å². The minimum Gasteiger partial charge on any atom is -0.485 e. The van der Waals surface area contributed by atoms with Crippen LogP contribution in [-0.2, 0) is 11.4 Å². The van der Waals surface area contributed by atoms with Crippen molar-refractivity contribution >= 4 is 68.8 Å². The molecule has 1 amide bonds. The SMILES string of the molecule is CCC(=O)N(C)c1ccc(Cl)c(COc2cccn3c(Br)c(C)nc23)c1Cl.Cl. The van der Waals surface area contributed by atoms with Crippen molar-refractivity contribution in [1.82, 2.24) is 9.38 Å². The van der Waals surface area contributed by atoms with Crippen molar-refractivity contribution in [2.45, 2.75) is 26.9 Å². The van der Waals surface area contributed by atoms with Gasteiger partial charge in [0.2, 0.25) is 5.91 Å². The van der Waals surface area contributed by atoms with Crippen LogP contribution in [0, 0.1) is 6.92 Å². The molecule has 0 unspecified atom stereocenters. The highest BCUT2D eigenvalue weighted by Crippen LogP contribution is 2.35. The van der Waals surface area contributed by atoms with Gasteiger partial charge < -0.3 is 9.64 Å². The van der Waals surface area contributed by atoms with E-state index in [1.807, 2.05) is 29.7 Å². The number of imidazole rings is 1. The van der Waals surface area contributed by atoms with E-state index in [0.29, 0.717) is 39.1 Å². The van der Waals surface area contributed by atoms with Crippen LogP contribution >= 0.6 is 51.5 Å². The Morgan fingerprint density at radius 3 is 2.71 bits per heavy atom. The number of aryl methyl sites for hydroxylation is 1. The summed E-state index contributed by atoms with van der Waals surface area (Å²) in [4.78, 5) is 18.1. The Hall–Kier alpha value is -1.47. The van der Waals surface area contributed by atoms with E-state index in [2.05, 4.69) is 20.9 Å². The van der Waals surface area contributed by atoms with Crippen molar-refractivity contribution in [3.05, 3.63) is 56.4 Å². The van der Waals surface area contributed by atoms with Crippen LogP contribution < -0.4 is 9.64 Å². The molecule has 0 aliphatic rings. The van der Waals surface area contributed by atoms with Crippen LogP contribution in [0.15, 0.2) is 35.1 Å². The quantitative estimate of drug-likeness (QED) is 0.420. The summed E-state index contributed by atoms with van der Waals surface area (Å²) in [7, 11) is 1.69. The van der Waals surface area contributed by atoms with E-state index in [1.165, 1.54) is 4.90 Å². The Morgan fingerprint density at radius 1 is 1.32 bits per heavy atom. The highest BCUT2D eigenvalue weighted by atomic mass is 79.9. The van der Waals surface area contributed by atoms with Crippen molar-refractivity contribution in [2.24, 2.45) is 0 Å². The minimum absolute atomic E-state index is 0. The van der Waals surface area contributed by atoms with Gasteiger partial charge in [-0.05, 0) is 47.1 Å². The van der Waals surface area contributed by atoms with Gasteiger partial charge in [-0.15, -0.1) is 12.4 Å².